The average Bonchev–Trinajstić information content (AvgIpc) is 2.78. The number of aryl methyl sites for hydroxylation is 2. The SMILES string of the molecule is CCCC1(C(=O)Nc2cc(C)cc(C)n2)CCCN1. The van der Waals surface area contributed by atoms with Gasteiger partial charge in [0, 0.05) is 5.69 Å². The van der Waals surface area contributed by atoms with Crippen molar-refractivity contribution < 1.29 is 4.79 Å². The summed E-state index contributed by atoms with van der Waals surface area (Å²) < 4.78 is 0. The van der Waals surface area contributed by atoms with Gasteiger partial charge in [-0.15, -0.1) is 0 Å². The molecule has 0 radical (unpaired) electrons. The molecule has 1 aromatic rings. The molecule has 2 rings (SSSR count). The van der Waals surface area contributed by atoms with Crippen LogP contribution in [-0.2, 0) is 4.79 Å². The fraction of sp³-hybridized carbons (Fsp3) is 0.600. The Hall–Kier alpha value is -1.42. The highest BCUT2D eigenvalue weighted by Crippen LogP contribution is 2.26. The third kappa shape index (κ3) is 3.13. The highest BCUT2D eigenvalue weighted by Gasteiger charge is 2.40. The van der Waals surface area contributed by atoms with E-state index in [-0.39, 0.29) is 5.91 Å². The number of carbonyl (C=O) groups is 1. The Morgan fingerprint density at radius 3 is 2.84 bits per heavy atom. The Balaban J connectivity index is 2.14. The lowest BCUT2D eigenvalue weighted by Crippen LogP contribution is -2.50. The molecule has 4 nitrogen and oxygen atoms in total. The predicted molar refractivity (Wildman–Crippen MR) is 77.2 cm³/mol. The summed E-state index contributed by atoms with van der Waals surface area (Å²) in [5.41, 5.74) is 1.65. The number of carbonyl (C=O) groups excluding carboxylic acids is 1. The van der Waals surface area contributed by atoms with Gasteiger partial charge in [-0.25, -0.2) is 4.98 Å². The second-order valence-electron chi connectivity index (χ2n) is 5.49. The molecule has 19 heavy (non-hydrogen) atoms. The number of hydrogen-bond donors (Lipinski definition) is 2. The summed E-state index contributed by atoms with van der Waals surface area (Å²) in [5, 5.41) is 6.36. The van der Waals surface area contributed by atoms with E-state index < -0.39 is 5.54 Å². The molecule has 0 bridgehead atoms. The third-order valence-electron chi connectivity index (χ3n) is 3.69. The number of nitrogens with one attached hydrogen (secondary N) is 2. The van der Waals surface area contributed by atoms with Gasteiger partial charge in [-0.05, 0) is 57.4 Å². The van der Waals surface area contributed by atoms with Crippen LogP contribution in [0.4, 0.5) is 5.82 Å². The van der Waals surface area contributed by atoms with Crippen molar-refractivity contribution >= 4 is 11.7 Å². The molecule has 0 aliphatic carbocycles. The van der Waals surface area contributed by atoms with Crippen molar-refractivity contribution in [1.29, 1.82) is 0 Å². The van der Waals surface area contributed by atoms with E-state index in [0.717, 1.165) is 43.5 Å². The van der Waals surface area contributed by atoms with Gasteiger partial charge in [0.15, 0.2) is 0 Å². The molecule has 1 aromatic heterocycles. The second kappa shape index (κ2) is 5.70. The second-order valence-corrected chi connectivity index (χ2v) is 5.49. The maximum Gasteiger partial charge on any atom is 0.245 e. The summed E-state index contributed by atoms with van der Waals surface area (Å²) in [6.45, 7) is 7.00. The van der Waals surface area contributed by atoms with Gasteiger partial charge in [-0.3, -0.25) is 4.79 Å². The van der Waals surface area contributed by atoms with Crippen LogP contribution < -0.4 is 10.6 Å². The largest absolute Gasteiger partial charge is 0.309 e. The minimum atomic E-state index is -0.395. The topological polar surface area (TPSA) is 54.0 Å². The zero-order chi connectivity index (χ0) is 13.9. The molecule has 0 saturated carbocycles. The zero-order valence-electron chi connectivity index (χ0n) is 12.0. The van der Waals surface area contributed by atoms with Gasteiger partial charge in [0.1, 0.15) is 5.82 Å². The van der Waals surface area contributed by atoms with E-state index in [4.69, 9.17) is 0 Å². The van der Waals surface area contributed by atoms with E-state index in [2.05, 4.69) is 22.5 Å². The Kier molecular flexibility index (Phi) is 4.20. The first-order chi connectivity index (χ1) is 9.05. The van der Waals surface area contributed by atoms with Gasteiger partial charge in [0.05, 0.1) is 5.54 Å². The molecule has 2 heterocycles. The van der Waals surface area contributed by atoms with Crippen molar-refractivity contribution in [3.05, 3.63) is 23.4 Å². The smallest absolute Gasteiger partial charge is 0.245 e. The third-order valence-corrected chi connectivity index (χ3v) is 3.69. The molecule has 2 N–H and O–H groups in total. The lowest BCUT2D eigenvalue weighted by Gasteiger charge is -2.27. The van der Waals surface area contributed by atoms with Crippen molar-refractivity contribution in [3.63, 3.8) is 0 Å². The molecule has 1 aliphatic heterocycles. The Bertz CT molecular complexity index is 444. The molecule has 104 valence electrons. The number of hydrogen-bond acceptors (Lipinski definition) is 3. The first-order valence-electron chi connectivity index (χ1n) is 7.07. The molecule has 1 aliphatic rings. The number of aromatic nitrogens is 1. The Morgan fingerprint density at radius 1 is 1.47 bits per heavy atom. The van der Waals surface area contributed by atoms with Crippen molar-refractivity contribution in [3.8, 4) is 0 Å². The maximum absolute atomic E-state index is 12.5. The molecule has 0 aromatic carbocycles. The van der Waals surface area contributed by atoms with Crippen LogP contribution >= 0.6 is 0 Å². The molecule has 1 atom stereocenters. The number of anilines is 1. The monoisotopic (exact) mass is 261 g/mol. The molecule has 1 amide bonds. The molecule has 1 saturated heterocycles. The number of amides is 1. The van der Waals surface area contributed by atoms with Crippen LogP contribution in [-0.4, -0.2) is 23.0 Å². The highest BCUT2D eigenvalue weighted by molar-refractivity contribution is 5.97. The molecular formula is C15H23N3O. The zero-order valence-corrected chi connectivity index (χ0v) is 12.0. The standard InChI is InChI=1S/C15H23N3O/c1-4-6-15(7-5-8-16-15)14(19)18-13-10-11(2)9-12(3)17-13/h9-10,16H,4-8H2,1-3H3,(H,17,18,19). The van der Waals surface area contributed by atoms with Crippen LogP contribution in [0.5, 0.6) is 0 Å². The van der Waals surface area contributed by atoms with E-state index in [0.29, 0.717) is 5.82 Å². The Labute approximate surface area is 115 Å². The minimum absolute atomic E-state index is 0.0596. The van der Waals surface area contributed by atoms with E-state index in [1.165, 1.54) is 0 Å². The summed E-state index contributed by atoms with van der Waals surface area (Å²) in [7, 11) is 0. The van der Waals surface area contributed by atoms with E-state index >= 15 is 0 Å². The highest BCUT2D eigenvalue weighted by atomic mass is 16.2. The van der Waals surface area contributed by atoms with Crippen LogP contribution in [0.3, 0.4) is 0 Å². The lowest BCUT2D eigenvalue weighted by molar-refractivity contribution is -0.122. The summed E-state index contributed by atoms with van der Waals surface area (Å²) in [6, 6.07) is 3.92. The van der Waals surface area contributed by atoms with Crippen molar-refractivity contribution in [2.45, 2.75) is 52.0 Å². The van der Waals surface area contributed by atoms with Gasteiger partial charge in [-0.2, -0.15) is 0 Å². The fourth-order valence-electron chi connectivity index (χ4n) is 2.90. The van der Waals surface area contributed by atoms with Crippen LogP contribution in [0.2, 0.25) is 0 Å². The molecule has 0 spiro atoms. The normalized spacial score (nSPS) is 22.5. The average molecular weight is 261 g/mol. The van der Waals surface area contributed by atoms with Crippen LogP contribution in [0, 0.1) is 13.8 Å². The van der Waals surface area contributed by atoms with Gasteiger partial charge >= 0.3 is 0 Å². The van der Waals surface area contributed by atoms with Crippen LogP contribution in [0.25, 0.3) is 0 Å². The summed E-state index contributed by atoms with van der Waals surface area (Å²) in [6.07, 6.45) is 3.86. The maximum atomic E-state index is 12.5. The van der Waals surface area contributed by atoms with Crippen LogP contribution in [0.15, 0.2) is 12.1 Å². The van der Waals surface area contributed by atoms with Gasteiger partial charge in [0.2, 0.25) is 5.91 Å². The lowest BCUT2D eigenvalue weighted by atomic mass is 9.91. The fourth-order valence-corrected chi connectivity index (χ4v) is 2.90. The van der Waals surface area contributed by atoms with Crippen molar-refractivity contribution in [2.24, 2.45) is 0 Å². The molecule has 4 heteroatoms. The summed E-state index contributed by atoms with van der Waals surface area (Å²) in [5.74, 6) is 0.719. The first-order valence-corrected chi connectivity index (χ1v) is 7.07. The predicted octanol–water partition coefficient (Wildman–Crippen LogP) is 2.56. The van der Waals surface area contributed by atoms with E-state index in [1.54, 1.807) is 0 Å². The number of nitrogens with zero attached hydrogens (tertiary/aromatic N) is 1. The van der Waals surface area contributed by atoms with Crippen molar-refractivity contribution in [1.82, 2.24) is 10.3 Å². The molecule has 1 fully saturated rings. The number of pyridine rings is 1. The van der Waals surface area contributed by atoms with Crippen molar-refractivity contribution in [2.75, 3.05) is 11.9 Å². The van der Waals surface area contributed by atoms with E-state index in [9.17, 15) is 4.79 Å². The van der Waals surface area contributed by atoms with Gasteiger partial charge in [0.25, 0.3) is 0 Å². The van der Waals surface area contributed by atoms with Crippen LogP contribution in [0.1, 0.15) is 43.9 Å². The molecular weight excluding hydrogens is 238 g/mol. The molecule has 1 unspecified atom stereocenters. The number of rotatable bonds is 4. The van der Waals surface area contributed by atoms with Gasteiger partial charge in [-0.1, -0.05) is 13.3 Å². The first kappa shape index (κ1) is 14.0. The minimum Gasteiger partial charge on any atom is -0.309 e. The van der Waals surface area contributed by atoms with E-state index in [1.807, 2.05) is 26.0 Å². The van der Waals surface area contributed by atoms with Gasteiger partial charge < -0.3 is 10.6 Å². The summed E-state index contributed by atoms with van der Waals surface area (Å²) >= 11 is 0. The summed E-state index contributed by atoms with van der Waals surface area (Å²) in [4.78, 5) is 16.9. The Morgan fingerprint density at radius 2 is 2.26 bits per heavy atom. The quantitative estimate of drug-likeness (QED) is 0.876.